The highest BCUT2D eigenvalue weighted by atomic mass is 79.9. The first-order valence-corrected chi connectivity index (χ1v) is 11.3. The number of hydrogen-bond acceptors (Lipinski definition) is 5. The quantitative estimate of drug-likeness (QED) is 0.664. The standard InChI is InChI=1S/C19H24BrN5OS/c1-13-8-10-24(11-9-13)18-22-23-19(25(18)16-6-7-16)27-12-17(26)21-15-4-2-14(20)3-5-15/h2-5,13,16H,6-12H2,1H3,(H,21,26). The van der Waals surface area contributed by atoms with Gasteiger partial charge in [-0.15, -0.1) is 10.2 Å². The van der Waals surface area contributed by atoms with Crippen molar-refractivity contribution in [3.05, 3.63) is 28.7 Å². The second-order valence-electron chi connectivity index (χ2n) is 7.40. The summed E-state index contributed by atoms with van der Waals surface area (Å²) in [5.74, 6) is 2.08. The zero-order chi connectivity index (χ0) is 18.8. The smallest absolute Gasteiger partial charge is 0.234 e. The van der Waals surface area contributed by atoms with Crippen LogP contribution in [0.15, 0.2) is 33.9 Å². The van der Waals surface area contributed by atoms with Crippen LogP contribution in [0.3, 0.4) is 0 Å². The van der Waals surface area contributed by atoms with Crippen molar-refractivity contribution >= 4 is 45.2 Å². The maximum atomic E-state index is 12.3. The molecule has 0 unspecified atom stereocenters. The molecule has 4 rings (SSSR count). The van der Waals surface area contributed by atoms with Crippen molar-refractivity contribution in [2.75, 3.05) is 29.1 Å². The van der Waals surface area contributed by atoms with Crippen molar-refractivity contribution in [3.63, 3.8) is 0 Å². The summed E-state index contributed by atoms with van der Waals surface area (Å²) in [6, 6.07) is 8.09. The lowest BCUT2D eigenvalue weighted by Crippen LogP contribution is -2.34. The molecule has 1 amide bonds. The van der Waals surface area contributed by atoms with E-state index in [-0.39, 0.29) is 5.91 Å². The highest BCUT2D eigenvalue weighted by Gasteiger charge is 2.32. The maximum absolute atomic E-state index is 12.3. The van der Waals surface area contributed by atoms with Gasteiger partial charge >= 0.3 is 0 Å². The zero-order valence-electron chi connectivity index (χ0n) is 15.4. The summed E-state index contributed by atoms with van der Waals surface area (Å²) in [6.45, 7) is 4.40. The SMILES string of the molecule is CC1CCN(c2nnc(SCC(=O)Nc3ccc(Br)cc3)n2C2CC2)CC1. The van der Waals surface area contributed by atoms with Crippen LogP contribution in [-0.2, 0) is 4.79 Å². The largest absolute Gasteiger partial charge is 0.341 e. The van der Waals surface area contributed by atoms with E-state index in [0.29, 0.717) is 11.8 Å². The van der Waals surface area contributed by atoms with E-state index in [9.17, 15) is 4.79 Å². The molecular formula is C19H24BrN5OS. The molecule has 6 nitrogen and oxygen atoms in total. The van der Waals surface area contributed by atoms with Gasteiger partial charge < -0.3 is 10.2 Å². The highest BCUT2D eigenvalue weighted by molar-refractivity contribution is 9.10. The van der Waals surface area contributed by atoms with Gasteiger partial charge in [-0.05, 0) is 55.9 Å². The number of hydrogen-bond donors (Lipinski definition) is 1. The summed E-state index contributed by atoms with van der Waals surface area (Å²) < 4.78 is 3.25. The molecule has 1 aromatic heterocycles. The van der Waals surface area contributed by atoms with E-state index in [1.807, 2.05) is 24.3 Å². The molecule has 1 saturated heterocycles. The first-order valence-electron chi connectivity index (χ1n) is 9.48. The summed E-state index contributed by atoms with van der Waals surface area (Å²) >= 11 is 4.87. The summed E-state index contributed by atoms with van der Waals surface area (Å²) in [5.41, 5.74) is 0.801. The van der Waals surface area contributed by atoms with Crippen LogP contribution in [0.5, 0.6) is 0 Å². The highest BCUT2D eigenvalue weighted by Crippen LogP contribution is 2.41. The number of rotatable bonds is 6. The molecule has 0 spiro atoms. The number of carbonyl (C=O) groups excluding carboxylic acids is 1. The lowest BCUT2D eigenvalue weighted by molar-refractivity contribution is -0.113. The number of carbonyl (C=O) groups is 1. The fraction of sp³-hybridized carbons (Fsp3) is 0.526. The monoisotopic (exact) mass is 449 g/mol. The van der Waals surface area contributed by atoms with Gasteiger partial charge in [0.2, 0.25) is 11.9 Å². The van der Waals surface area contributed by atoms with Crippen LogP contribution in [0.1, 0.15) is 38.6 Å². The second-order valence-corrected chi connectivity index (χ2v) is 9.26. The summed E-state index contributed by atoms with van der Waals surface area (Å²) in [6.07, 6.45) is 4.76. The van der Waals surface area contributed by atoms with E-state index in [1.165, 1.54) is 37.4 Å². The van der Waals surface area contributed by atoms with Crippen molar-refractivity contribution in [2.24, 2.45) is 5.92 Å². The Hall–Kier alpha value is -1.54. The second kappa shape index (κ2) is 8.22. The molecule has 0 bridgehead atoms. The Morgan fingerprint density at radius 3 is 2.56 bits per heavy atom. The molecule has 2 aliphatic rings. The van der Waals surface area contributed by atoms with Crippen LogP contribution in [0.4, 0.5) is 11.6 Å². The van der Waals surface area contributed by atoms with Crippen molar-refractivity contribution in [1.29, 1.82) is 0 Å². The predicted octanol–water partition coefficient (Wildman–Crippen LogP) is 4.34. The molecule has 0 radical (unpaired) electrons. The van der Waals surface area contributed by atoms with Crippen molar-refractivity contribution < 1.29 is 4.79 Å². The number of nitrogens with zero attached hydrogens (tertiary/aromatic N) is 4. The van der Waals surface area contributed by atoms with E-state index < -0.39 is 0 Å². The van der Waals surface area contributed by atoms with Crippen molar-refractivity contribution in [1.82, 2.24) is 14.8 Å². The Morgan fingerprint density at radius 1 is 1.19 bits per heavy atom. The Balaban J connectivity index is 1.40. The topological polar surface area (TPSA) is 63.1 Å². The number of halogens is 1. The number of thioether (sulfide) groups is 1. The van der Waals surface area contributed by atoms with Gasteiger partial charge in [-0.3, -0.25) is 9.36 Å². The fourth-order valence-electron chi connectivity index (χ4n) is 3.30. The molecule has 1 N–H and O–H groups in total. The molecule has 1 aliphatic heterocycles. The predicted molar refractivity (Wildman–Crippen MR) is 112 cm³/mol. The normalized spacial score (nSPS) is 17.9. The van der Waals surface area contributed by atoms with Crippen LogP contribution >= 0.6 is 27.7 Å². The maximum Gasteiger partial charge on any atom is 0.234 e. The van der Waals surface area contributed by atoms with Crippen molar-refractivity contribution in [2.45, 2.75) is 43.8 Å². The first-order chi connectivity index (χ1) is 13.1. The molecule has 1 aliphatic carbocycles. The molecule has 27 heavy (non-hydrogen) atoms. The Bertz CT molecular complexity index is 797. The van der Waals surface area contributed by atoms with Gasteiger partial charge in [0, 0.05) is 29.3 Å². The Morgan fingerprint density at radius 2 is 1.89 bits per heavy atom. The summed E-state index contributed by atoms with van der Waals surface area (Å²) in [7, 11) is 0. The average Bonchev–Trinajstić information content (AvgIpc) is 3.42. The minimum Gasteiger partial charge on any atom is -0.341 e. The number of nitrogens with one attached hydrogen (secondary N) is 1. The van der Waals surface area contributed by atoms with Crippen LogP contribution in [0, 0.1) is 5.92 Å². The lowest BCUT2D eigenvalue weighted by atomic mass is 10.00. The van der Waals surface area contributed by atoms with Crippen LogP contribution in [0.2, 0.25) is 0 Å². The van der Waals surface area contributed by atoms with E-state index >= 15 is 0 Å². The molecule has 144 valence electrons. The van der Waals surface area contributed by atoms with Gasteiger partial charge in [-0.1, -0.05) is 34.6 Å². The number of piperidine rings is 1. The van der Waals surface area contributed by atoms with Crippen LogP contribution in [-0.4, -0.2) is 39.5 Å². The molecule has 1 saturated carbocycles. The van der Waals surface area contributed by atoms with Crippen molar-refractivity contribution in [3.8, 4) is 0 Å². The third-order valence-corrected chi connectivity index (χ3v) is 6.56. The van der Waals surface area contributed by atoms with Crippen LogP contribution in [0.25, 0.3) is 0 Å². The first kappa shape index (κ1) is 18.8. The molecule has 2 aromatic rings. The van der Waals surface area contributed by atoms with Gasteiger partial charge in [0.25, 0.3) is 0 Å². The molecule has 1 aromatic carbocycles. The molecule has 2 fully saturated rings. The Kier molecular flexibility index (Phi) is 5.73. The van der Waals surface area contributed by atoms with Gasteiger partial charge in [-0.2, -0.15) is 0 Å². The molecular weight excluding hydrogens is 426 g/mol. The number of amides is 1. The van der Waals surface area contributed by atoms with Gasteiger partial charge in [0.1, 0.15) is 0 Å². The minimum absolute atomic E-state index is 0.0268. The van der Waals surface area contributed by atoms with E-state index in [4.69, 9.17) is 0 Å². The number of aromatic nitrogens is 3. The van der Waals surface area contributed by atoms with E-state index in [2.05, 4.69) is 47.8 Å². The number of benzene rings is 1. The summed E-state index contributed by atoms with van der Waals surface area (Å²) in [4.78, 5) is 14.7. The minimum atomic E-state index is -0.0268. The van der Waals surface area contributed by atoms with Gasteiger partial charge in [0.05, 0.1) is 5.75 Å². The van der Waals surface area contributed by atoms with Gasteiger partial charge in [0.15, 0.2) is 5.16 Å². The third kappa shape index (κ3) is 4.66. The molecule has 0 atom stereocenters. The van der Waals surface area contributed by atoms with Gasteiger partial charge in [-0.25, -0.2) is 0 Å². The lowest BCUT2D eigenvalue weighted by Gasteiger charge is -2.31. The molecule has 8 heteroatoms. The number of anilines is 2. The van der Waals surface area contributed by atoms with Crippen LogP contribution < -0.4 is 10.2 Å². The van der Waals surface area contributed by atoms with E-state index in [0.717, 1.165) is 40.3 Å². The van der Waals surface area contributed by atoms with E-state index in [1.54, 1.807) is 0 Å². The fourth-order valence-corrected chi connectivity index (χ4v) is 4.37. The average molecular weight is 450 g/mol. The zero-order valence-corrected chi connectivity index (χ0v) is 17.8. The summed E-state index contributed by atoms with van der Waals surface area (Å²) in [5, 5.41) is 12.7. The third-order valence-electron chi connectivity index (χ3n) is 5.09. The molecule has 2 heterocycles. The Labute approximate surface area is 172 Å².